The Kier molecular flexibility index (Phi) is 4.29. The number of hydrogen-bond donors (Lipinski definition) is 1. The Bertz CT molecular complexity index is 819. The van der Waals surface area contributed by atoms with Crippen molar-refractivity contribution >= 4 is 17.6 Å². The first kappa shape index (κ1) is 14.7. The molecule has 3 rings (SSSR count). The molecule has 0 saturated heterocycles. The molecule has 0 unspecified atom stereocenters. The van der Waals surface area contributed by atoms with Crippen molar-refractivity contribution in [3.8, 4) is 11.3 Å². The molecule has 0 aliphatic rings. The minimum Gasteiger partial charge on any atom is -0.465 e. The molecule has 1 heterocycles. The Hall–Kier alpha value is -3.21. The Morgan fingerprint density at radius 2 is 1.87 bits per heavy atom. The number of hydrogen-bond acceptors (Lipinski definition) is 5. The van der Waals surface area contributed by atoms with Crippen LogP contribution in [0.15, 0.2) is 66.9 Å². The van der Waals surface area contributed by atoms with Gasteiger partial charge in [0, 0.05) is 17.4 Å². The number of esters is 1. The van der Waals surface area contributed by atoms with Gasteiger partial charge in [0.25, 0.3) is 0 Å². The second-order valence-corrected chi connectivity index (χ2v) is 4.83. The topological polar surface area (TPSA) is 64.1 Å². The van der Waals surface area contributed by atoms with E-state index in [1.54, 1.807) is 24.4 Å². The van der Waals surface area contributed by atoms with Gasteiger partial charge in [-0.05, 0) is 24.3 Å². The van der Waals surface area contributed by atoms with Gasteiger partial charge in [-0.2, -0.15) is 0 Å². The summed E-state index contributed by atoms with van der Waals surface area (Å²) < 4.78 is 4.72. The smallest absolute Gasteiger partial charge is 0.337 e. The molecule has 0 spiro atoms. The first-order chi connectivity index (χ1) is 11.3. The van der Waals surface area contributed by atoms with Crippen LogP contribution in [0.3, 0.4) is 0 Å². The lowest BCUT2D eigenvalue weighted by molar-refractivity contribution is 0.0601. The Balaban J connectivity index is 1.85. The second-order valence-electron chi connectivity index (χ2n) is 4.83. The fourth-order valence-corrected chi connectivity index (χ4v) is 2.16. The highest BCUT2D eigenvalue weighted by Gasteiger charge is 2.07. The molecule has 0 bridgehead atoms. The van der Waals surface area contributed by atoms with Crippen molar-refractivity contribution in [3.05, 3.63) is 72.4 Å². The van der Waals surface area contributed by atoms with E-state index in [1.165, 1.54) is 7.11 Å². The van der Waals surface area contributed by atoms with Crippen molar-refractivity contribution in [2.24, 2.45) is 0 Å². The number of nitrogens with zero attached hydrogens (tertiary/aromatic N) is 2. The predicted octanol–water partition coefficient (Wildman–Crippen LogP) is 3.67. The van der Waals surface area contributed by atoms with E-state index in [2.05, 4.69) is 15.3 Å². The van der Waals surface area contributed by atoms with Crippen molar-refractivity contribution < 1.29 is 9.53 Å². The van der Waals surface area contributed by atoms with Gasteiger partial charge in [-0.25, -0.2) is 14.8 Å². The molecule has 5 nitrogen and oxygen atoms in total. The third-order valence-corrected chi connectivity index (χ3v) is 3.26. The molecule has 0 fully saturated rings. The lowest BCUT2D eigenvalue weighted by atomic mass is 10.1. The second kappa shape index (κ2) is 6.70. The van der Waals surface area contributed by atoms with Gasteiger partial charge in [0.1, 0.15) is 0 Å². The fourth-order valence-electron chi connectivity index (χ4n) is 2.16. The van der Waals surface area contributed by atoms with Crippen LogP contribution < -0.4 is 5.32 Å². The van der Waals surface area contributed by atoms with Crippen LogP contribution in [-0.2, 0) is 4.74 Å². The maximum Gasteiger partial charge on any atom is 0.337 e. The fraction of sp³-hybridized carbons (Fsp3) is 0.0556. The minimum absolute atomic E-state index is 0.382. The summed E-state index contributed by atoms with van der Waals surface area (Å²) in [4.78, 5) is 20.3. The molecule has 23 heavy (non-hydrogen) atoms. The number of methoxy groups -OCH3 is 1. The summed E-state index contributed by atoms with van der Waals surface area (Å²) in [5, 5.41) is 3.10. The van der Waals surface area contributed by atoms with Gasteiger partial charge in [0.05, 0.1) is 18.4 Å². The van der Waals surface area contributed by atoms with E-state index in [4.69, 9.17) is 4.74 Å². The summed E-state index contributed by atoms with van der Waals surface area (Å²) >= 11 is 0. The molecule has 3 aromatic rings. The van der Waals surface area contributed by atoms with E-state index in [9.17, 15) is 4.79 Å². The number of carbonyl (C=O) groups excluding carboxylic acids is 1. The number of nitrogens with one attached hydrogen (secondary N) is 1. The minimum atomic E-state index is -0.382. The lowest BCUT2D eigenvalue weighted by Gasteiger charge is -2.08. The molecule has 0 radical (unpaired) electrons. The number of anilines is 2. The summed E-state index contributed by atoms with van der Waals surface area (Å²) in [5.41, 5.74) is 3.03. The number of ether oxygens (including phenoxy) is 1. The van der Waals surface area contributed by atoms with Crippen LogP contribution in [0.1, 0.15) is 10.4 Å². The van der Waals surface area contributed by atoms with Gasteiger partial charge < -0.3 is 10.1 Å². The molecule has 1 aromatic heterocycles. The average molecular weight is 305 g/mol. The summed E-state index contributed by atoms with van der Waals surface area (Å²) in [6.45, 7) is 0. The van der Waals surface area contributed by atoms with Gasteiger partial charge in [-0.15, -0.1) is 0 Å². The van der Waals surface area contributed by atoms with Gasteiger partial charge in [-0.3, -0.25) is 0 Å². The van der Waals surface area contributed by atoms with Crippen molar-refractivity contribution in [2.45, 2.75) is 0 Å². The molecule has 5 heteroatoms. The van der Waals surface area contributed by atoms with Crippen LogP contribution >= 0.6 is 0 Å². The Morgan fingerprint density at radius 3 is 2.65 bits per heavy atom. The van der Waals surface area contributed by atoms with Crippen molar-refractivity contribution in [1.82, 2.24) is 9.97 Å². The molecule has 0 amide bonds. The molecule has 0 atom stereocenters. The molecule has 114 valence electrons. The SMILES string of the molecule is COC(=O)c1cccc(Nc2nccc(-c3ccccc3)n2)c1. The van der Waals surface area contributed by atoms with E-state index in [0.717, 1.165) is 16.9 Å². The van der Waals surface area contributed by atoms with Crippen LogP contribution in [0, 0.1) is 0 Å². The number of aromatic nitrogens is 2. The van der Waals surface area contributed by atoms with Crippen LogP contribution in [-0.4, -0.2) is 23.0 Å². The van der Waals surface area contributed by atoms with Gasteiger partial charge in [0.15, 0.2) is 0 Å². The monoisotopic (exact) mass is 305 g/mol. The highest BCUT2D eigenvalue weighted by Crippen LogP contribution is 2.19. The van der Waals surface area contributed by atoms with Gasteiger partial charge >= 0.3 is 5.97 Å². The Labute approximate surface area is 134 Å². The van der Waals surface area contributed by atoms with E-state index < -0.39 is 0 Å². The number of benzene rings is 2. The third kappa shape index (κ3) is 3.52. The molecule has 0 saturated carbocycles. The van der Waals surface area contributed by atoms with E-state index in [0.29, 0.717) is 11.5 Å². The van der Waals surface area contributed by atoms with Gasteiger partial charge in [0.2, 0.25) is 5.95 Å². The maximum absolute atomic E-state index is 11.6. The molecule has 0 aliphatic heterocycles. The number of rotatable bonds is 4. The average Bonchev–Trinajstić information content (AvgIpc) is 2.62. The third-order valence-electron chi connectivity index (χ3n) is 3.26. The standard InChI is InChI=1S/C18H15N3O2/c1-23-17(22)14-8-5-9-15(12-14)20-18-19-11-10-16(21-18)13-6-3-2-4-7-13/h2-12H,1H3,(H,19,20,21). The molecular formula is C18H15N3O2. The lowest BCUT2D eigenvalue weighted by Crippen LogP contribution is -2.03. The van der Waals surface area contributed by atoms with Crippen LogP contribution in [0.4, 0.5) is 11.6 Å². The zero-order valence-corrected chi connectivity index (χ0v) is 12.6. The molecular weight excluding hydrogens is 290 g/mol. The normalized spacial score (nSPS) is 10.1. The highest BCUT2D eigenvalue weighted by molar-refractivity contribution is 5.90. The summed E-state index contributed by atoms with van der Waals surface area (Å²) in [5.74, 6) is 0.0842. The largest absolute Gasteiger partial charge is 0.465 e. The summed E-state index contributed by atoms with van der Waals surface area (Å²) in [7, 11) is 1.36. The first-order valence-electron chi connectivity index (χ1n) is 7.10. The maximum atomic E-state index is 11.6. The van der Waals surface area contributed by atoms with Crippen LogP contribution in [0.5, 0.6) is 0 Å². The van der Waals surface area contributed by atoms with Crippen molar-refractivity contribution in [2.75, 3.05) is 12.4 Å². The molecule has 1 N–H and O–H groups in total. The number of carbonyl (C=O) groups is 1. The van der Waals surface area contributed by atoms with E-state index >= 15 is 0 Å². The van der Waals surface area contributed by atoms with Crippen LogP contribution in [0.2, 0.25) is 0 Å². The summed E-state index contributed by atoms with van der Waals surface area (Å²) in [6, 6.07) is 18.7. The van der Waals surface area contributed by atoms with Crippen molar-refractivity contribution in [1.29, 1.82) is 0 Å². The zero-order chi connectivity index (χ0) is 16.1. The Morgan fingerprint density at radius 1 is 1.04 bits per heavy atom. The summed E-state index contributed by atoms with van der Waals surface area (Å²) in [6.07, 6.45) is 1.70. The molecule has 2 aromatic carbocycles. The zero-order valence-electron chi connectivity index (χ0n) is 12.6. The predicted molar refractivity (Wildman–Crippen MR) is 88.5 cm³/mol. The van der Waals surface area contributed by atoms with E-state index in [-0.39, 0.29) is 5.97 Å². The quantitative estimate of drug-likeness (QED) is 0.745. The molecule has 0 aliphatic carbocycles. The first-order valence-corrected chi connectivity index (χ1v) is 7.10. The van der Waals surface area contributed by atoms with Crippen molar-refractivity contribution in [3.63, 3.8) is 0 Å². The van der Waals surface area contributed by atoms with Crippen LogP contribution in [0.25, 0.3) is 11.3 Å². The highest BCUT2D eigenvalue weighted by atomic mass is 16.5. The van der Waals surface area contributed by atoms with E-state index in [1.807, 2.05) is 42.5 Å². The van der Waals surface area contributed by atoms with Gasteiger partial charge in [-0.1, -0.05) is 36.4 Å².